The molecule has 0 radical (unpaired) electrons. The van der Waals surface area contributed by atoms with Gasteiger partial charge in [0.15, 0.2) is 12.2 Å². The first-order valence-electron chi connectivity index (χ1n) is 36.4. The van der Waals surface area contributed by atoms with Gasteiger partial charge in [-0.3, -0.25) is 37.3 Å². The molecule has 0 heterocycles. The fraction of sp³-hybridized carbons (Fsp3) is 0.887. The summed E-state index contributed by atoms with van der Waals surface area (Å²) in [7, 11) is -9.90. The van der Waals surface area contributed by atoms with Gasteiger partial charge in [-0.2, -0.15) is 0 Å². The van der Waals surface area contributed by atoms with Gasteiger partial charge in [0.1, 0.15) is 19.3 Å². The van der Waals surface area contributed by atoms with Crippen LogP contribution in [0.25, 0.3) is 0 Å². The number of aliphatic hydroxyl groups is 1. The van der Waals surface area contributed by atoms with Crippen molar-refractivity contribution in [1.82, 2.24) is 0 Å². The molecule has 0 amide bonds. The molecule has 0 bridgehead atoms. The Bertz CT molecular complexity index is 1850. The van der Waals surface area contributed by atoms with E-state index in [1.165, 1.54) is 128 Å². The van der Waals surface area contributed by atoms with Crippen molar-refractivity contribution >= 4 is 39.5 Å². The number of phosphoric acid groups is 2. The molecular formula is C71H134O17P2. The zero-order chi connectivity index (χ0) is 66.5. The number of allylic oxidation sites excluding steroid dienone is 4. The number of carbonyl (C=O) groups is 4. The van der Waals surface area contributed by atoms with Crippen molar-refractivity contribution in [1.29, 1.82) is 0 Å². The Morgan fingerprint density at radius 2 is 0.622 bits per heavy atom. The predicted octanol–water partition coefficient (Wildman–Crippen LogP) is 19.9. The van der Waals surface area contributed by atoms with Crippen LogP contribution in [0.15, 0.2) is 24.3 Å². The van der Waals surface area contributed by atoms with Crippen LogP contribution in [0.3, 0.4) is 0 Å². The number of ether oxygens (including phenoxy) is 4. The molecule has 0 saturated carbocycles. The van der Waals surface area contributed by atoms with Gasteiger partial charge < -0.3 is 33.8 Å². The van der Waals surface area contributed by atoms with E-state index < -0.39 is 97.5 Å². The summed E-state index contributed by atoms with van der Waals surface area (Å²) in [6.07, 6.45) is 51.1. The number of carbonyl (C=O) groups excluding carboxylic acids is 4. The lowest BCUT2D eigenvalue weighted by Crippen LogP contribution is -2.30. The van der Waals surface area contributed by atoms with E-state index in [4.69, 9.17) is 37.0 Å². The van der Waals surface area contributed by atoms with E-state index in [2.05, 4.69) is 65.8 Å². The Labute approximate surface area is 548 Å². The van der Waals surface area contributed by atoms with Gasteiger partial charge in [0.05, 0.1) is 26.4 Å². The third-order valence-corrected chi connectivity index (χ3v) is 18.5. The van der Waals surface area contributed by atoms with Crippen molar-refractivity contribution in [2.75, 3.05) is 39.6 Å². The van der Waals surface area contributed by atoms with Crippen LogP contribution in [-0.4, -0.2) is 96.7 Å². The van der Waals surface area contributed by atoms with Crippen LogP contribution in [-0.2, 0) is 65.4 Å². The van der Waals surface area contributed by atoms with Crippen molar-refractivity contribution in [3.63, 3.8) is 0 Å². The SMILES string of the molecule is CCCCCC/C=C\C=C/CCCCCCCC(=O)OC[C@H](COP(=O)(O)OC[C@@H](O)COP(=O)(O)OC[C@@H](COC(=O)CCCCCCC)OC(=O)CCCCCCCCCCC(C)CC)OC(=O)CCCCCCCCCCCCCCCCC(C)CC. The second-order valence-corrected chi connectivity index (χ2v) is 28.3. The summed E-state index contributed by atoms with van der Waals surface area (Å²) < 4.78 is 68.1. The molecule has 0 aromatic heterocycles. The lowest BCUT2D eigenvalue weighted by atomic mass is 9.99. The first kappa shape index (κ1) is 87.5. The lowest BCUT2D eigenvalue weighted by molar-refractivity contribution is -0.161. The number of hydrogen-bond donors (Lipinski definition) is 3. The average molecular weight is 1320 g/mol. The number of unbranched alkanes of at least 4 members (excludes halogenated alkanes) is 33. The van der Waals surface area contributed by atoms with Crippen LogP contribution in [0.1, 0.15) is 337 Å². The first-order chi connectivity index (χ1) is 43.4. The molecule has 0 aliphatic rings. The molecule has 3 N–H and O–H groups in total. The predicted molar refractivity (Wildman–Crippen MR) is 363 cm³/mol. The van der Waals surface area contributed by atoms with Crippen molar-refractivity contribution in [2.45, 2.75) is 355 Å². The highest BCUT2D eigenvalue weighted by Crippen LogP contribution is 2.45. The second-order valence-electron chi connectivity index (χ2n) is 25.4. The smallest absolute Gasteiger partial charge is 0.462 e. The minimum atomic E-state index is -4.96. The van der Waals surface area contributed by atoms with Crippen molar-refractivity contribution in [3.8, 4) is 0 Å². The molecule has 0 fully saturated rings. The van der Waals surface area contributed by atoms with Gasteiger partial charge in [-0.25, -0.2) is 9.13 Å². The summed E-state index contributed by atoms with van der Waals surface area (Å²) in [4.78, 5) is 72.3. The third kappa shape index (κ3) is 61.7. The Balaban J connectivity index is 5.20. The van der Waals surface area contributed by atoms with E-state index in [0.29, 0.717) is 25.7 Å². The summed E-state index contributed by atoms with van der Waals surface area (Å²) in [5, 5.41) is 10.6. The van der Waals surface area contributed by atoms with Gasteiger partial charge in [-0.05, 0) is 63.2 Å². The molecule has 7 atom stereocenters. The van der Waals surface area contributed by atoms with Crippen LogP contribution in [0.2, 0.25) is 0 Å². The van der Waals surface area contributed by atoms with E-state index >= 15 is 0 Å². The van der Waals surface area contributed by atoms with Gasteiger partial charge >= 0.3 is 39.5 Å². The second kappa shape index (κ2) is 62.6. The van der Waals surface area contributed by atoms with Crippen molar-refractivity contribution in [3.05, 3.63) is 24.3 Å². The van der Waals surface area contributed by atoms with E-state index in [-0.39, 0.29) is 25.7 Å². The van der Waals surface area contributed by atoms with Crippen LogP contribution in [0, 0.1) is 11.8 Å². The largest absolute Gasteiger partial charge is 0.472 e. The molecule has 0 aromatic rings. The average Bonchev–Trinajstić information content (AvgIpc) is 3.03. The monoisotopic (exact) mass is 1320 g/mol. The molecule has 530 valence electrons. The molecule has 17 nitrogen and oxygen atoms in total. The zero-order valence-electron chi connectivity index (χ0n) is 57.9. The topological polar surface area (TPSA) is 237 Å². The van der Waals surface area contributed by atoms with Crippen molar-refractivity contribution < 1.29 is 80.2 Å². The minimum Gasteiger partial charge on any atom is -0.462 e. The highest BCUT2D eigenvalue weighted by molar-refractivity contribution is 7.47. The Morgan fingerprint density at radius 3 is 0.944 bits per heavy atom. The zero-order valence-corrected chi connectivity index (χ0v) is 59.7. The number of hydrogen-bond acceptors (Lipinski definition) is 15. The maximum atomic E-state index is 13.0. The molecule has 0 saturated heterocycles. The maximum absolute atomic E-state index is 13.0. The van der Waals surface area contributed by atoms with Crippen LogP contribution >= 0.6 is 15.6 Å². The normalized spacial score (nSPS) is 14.9. The molecule has 0 spiro atoms. The molecule has 90 heavy (non-hydrogen) atoms. The van der Waals surface area contributed by atoms with E-state index in [9.17, 15) is 43.2 Å². The van der Waals surface area contributed by atoms with E-state index in [1.807, 2.05) is 0 Å². The van der Waals surface area contributed by atoms with Gasteiger partial charge in [0, 0.05) is 25.7 Å². The summed E-state index contributed by atoms with van der Waals surface area (Å²) in [5.41, 5.74) is 0. The van der Waals surface area contributed by atoms with E-state index in [0.717, 1.165) is 127 Å². The maximum Gasteiger partial charge on any atom is 0.472 e. The Hall–Kier alpha value is -2.46. The molecule has 0 aliphatic heterocycles. The van der Waals surface area contributed by atoms with Gasteiger partial charge in [-0.15, -0.1) is 0 Å². The van der Waals surface area contributed by atoms with Crippen LogP contribution < -0.4 is 0 Å². The van der Waals surface area contributed by atoms with Crippen molar-refractivity contribution in [2.24, 2.45) is 11.8 Å². The Kier molecular flexibility index (Phi) is 60.9. The van der Waals surface area contributed by atoms with Gasteiger partial charge in [-0.1, -0.05) is 284 Å². The fourth-order valence-corrected chi connectivity index (χ4v) is 11.7. The summed E-state index contributed by atoms with van der Waals surface area (Å²) in [6.45, 7) is 9.44. The molecule has 0 rings (SSSR count). The number of phosphoric ester groups is 2. The minimum absolute atomic E-state index is 0.100. The first-order valence-corrected chi connectivity index (χ1v) is 39.4. The number of rotatable bonds is 68. The van der Waals surface area contributed by atoms with Gasteiger partial charge in [0.2, 0.25) is 0 Å². The standard InChI is InChI=1S/C71H134O17P2/c1-7-11-13-15-16-17-18-19-20-24-27-30-36-42-48-54-69(74)82-60-67(88-70(75)55-49-43-37-31-28-25-22-21-23-26-29-34-40-45-51-63(5)9-3)62-86-90(79,80)84-58-65(72)57-83-89(77,78)85-61-66(59-81-68(73)53-47-39-14-12-8-2)87-71(76)56-50-44-38-33-32-35-41-46-52-64(6)10-4/h17-20,63-67,72H,7-16,21-62H2,1-6H3,(H,77,78)(H,79,80)/b18-17-,20-19-/t63?,64?,65-,66+,67+/m0/s1. The summed E-state index contributed by atoms with van der Waals surface area (Å²) >= 11 is 0. The fourth-order valence-electron chi connectivity index (χ4n) is 10.2. The number of esters is 4. The van der Waals surface area contributed by atoms with Crippen LogP contribution in [0.4, 0.5) is 0 Å². The number of aliphatic hydroxyl groups excluding tert-OH is 1. The molecule has 0 aromatic carbocycles. The third-order valence-electron chi connectivity index (χ3n) is 16.6. The quantitative estimate of drug-likeness (QED) is 0.0169. The molecule has 4 unspecified atom stereocenters. The molecular weight excluding hydrogens is 1190 g/mol. The van der Waals surface area contributed by atoms with E-state index in [1.54, 1.807) is 0 Å². The summed E-state index contributed by atoms with van der Waals surface area (Å²) in [6, 6.07) is 0. The van der Waals surface area contributed by atoms with Gasteiger partial charge in [0.25, 0.3) is 0 Å². The lowest BCUT2D eigenvalue weighted by Gasteiger charge is -2.21. The molecule has 19 heteroatoms. The van der Waals surface area contributed by atoms with Crippen LogP contribution in [0.5, 0.6) is 0 Å². The highest BCUT2D eigenvalue weighted by Gasteiger charge is 2.30. The Morgan fingerprint density at radius 1 is 0.356 bits per heavy atom. The molecule has 0 aliphatic carbocycles. The summed E-state index contributed by atoms with van der Waals surface area (Å²) in [5.74, 6) is -0.554. The highest BCUT2D eigenvalue weighted by atomic mass is 31.2.